The molecule has 1 aliphatic rings. The molecular weight excluding hydrogens is 246 g/mol. The standard InChI is InChI=1S/C18H21NO/c20-11-5-1-4-10-19-16-8-9-18-15(13-16)12-14-6-2-3-7-17(14)18/h2-3,6-9,13,19-20H,1,4-5,10-12H2. The van der Waals surface area contributed by atoms with E-state index in [1.807, 2.05) is 0 Å². The average molecular weight is 267 g/mol. The van der Waals surface area contributed by atoms with Crippen LogP contribution in [0.3, 0.4) is 0 Å². The lowest BCUT2D eigenvalue weighted by Gasteiger charge is -2.08. The summed E-state index contributed by atoms with van der Waals surface area (Å²) in [5.41, 5.74) is 6.83. The van der Waals surface area contributed by atoms with Gasteiger partial charge in [0.1, 0.15) is 0 Å². The average Bonchev–Trinajstić information content (AvgIpc) is 2.84. The summed E-state index contributed by atoms with van der Waals surface area (Å²) < 4.78 is 0. The zero-order valence-corrected chi connectivity index (χ0v) is 11.7. The van der Waals surface area contributed by atoms with Gasteiger partial charge < -0.3 is 10.4 Å². The summed E-state index contributed by atoms with van der Waals surface area (Å²) in [5.74, 6) is 0. The maximum absolute atomic E-state index is 8.75. The van der Waals surface area contributed by atoms with E-state index in [0.29, 0.717) is 6.61 Å². The number of nitrogens with one attached hydrogen (secondary N) is 1. The first-order chi connectivity index (χ1) is 9.88. The molecule has 0 bridgehead atoms. The molecule has 0 spiro atoms. The number of benzene rings is 2. The van der Waals surface area contributed by atoms with Crippen molar-refractivity contribution in [2.24, 2.45) is 0 Å². The molecule has 0 aromatic heterocycles. The molecule has 0 amide bonds. The summed E-state index contributed by atoms with van der Waals surface area (Å²) in [6, 6.07) is 15.3. The Balaban J connectivity index is 1.65. The molecule has 0 saturated carbocycles. The van der Waals surface area contributed by atoms with Crippen molar-refractivity contribution in [3.8, 4) is 11.1 Å². The number of aliphatic hydroxyl groups is 1. The lowest BCUT2D eigenvalue weighted by Crippen LogP contribution is -2.02. The molecule has 2 nitrogen and oxygen atoms in total. The van der Waals surface area contributed by atoms with Gasteiger partial charge in [-0.3, -0.25) is 0 Å². The van der Waals surface area contributed by atoms with Gasteiger partial charge in [0, 0.05) is 18.8 Å². The van der Waals surface area contributed by atoms with E-state index in [1.165, 1.54) is 27.9 Å². The summed E-state index contributed by atoms with van der Waals surface area (Å²) in [6.07, 6.45) is 4.14. The summed E-state index contributed by atoms with van der Waals surface area (Å²) in [5, 5.41) is 12.2. The van der Waals surface area contributed by atoms with E-state index in [1.54, 1.807) is 0 Å². The predicted molar refractivity (Wildman–Crippen MR) is 84.1 cm³/mol. The van der Waals surface area contributed by atoms with Crippen LogP contribution in [0.1, 0.15) is 30.4 Å². The van der Waals surface area contributed by atoms with Crippen molar-refractivity contribution < 1.29 is 5.11 Å². The van der Waals surface area contributed by atoms with Crippen LogP contribution in [0.4, 0.5) is 5.69 Å². The number of hydrogen-bond acceptors (Lipinski definition) is 2. The maximum Gasteiger partial charge on any atom is 0.0431 e. The van der Waals surface area contributed by atoms with Crippen molar-refractivity contribution in [1.29, 1.82) is 0 Å². The Hall–Kier alpha value is -1.80. The summed E-state index contributed by atoms with van der Waals surface area (Å²) in [7, 11) is 0. The van der Waals surface area contributed by atoms with Crippen LogP contribution in [0.5, 0.6) is 0 Å². The molecule has 0 radical (unpaired) electrons. The third kappa shape index (κ3) is 2.70. The van der Waals surface area contributed by atoms with Crippen LogP contribution in [0.15, 0.2) is 42.5 Å². The summed E-state index contributed by atoms with van der Waals surface area (Å²) in [4.78, 5) is 0. The van der Waals surface area contributed by atoms with E-state index in [2.05, 4.69) is 47.8 Å². The molecule has 0 atom stereocenters. The highest BCUT2D eigenvalue weighted by molar-refractivity contribution is 5.78. The van der Waals surface area contributed by atoms with Crippen LogP contribution in [0.25, 0.3) is 11.1 Å². The first-order valence-corrected chi connectivity index (χ1v) is 7.44. The Morgan fingerprint density at radius 2 is 1.75 bits per heavy atom. The molecular formula is C18H21NO. The fourth-order valence-electron chi connectivity index (χ4n) is 2.90. The molecule has 0 heterocycles. The Kier molecular flexibility index (Phi) is 4.03. The highest BCUT2D eigenvalue weighted by Crippen LogP contribution is 2.37. The number of rotatable bonds is 6. The number of unbranched alkanes of at least 4 members (excludes halogenated alkanes) is 2. The van der Waals surface area contributed by atoms with Crippen LogP contribution in [0, 0.1) is 0 Å². The van der Waals surface area contributed by atoms with Crippen molar-refractivity contribution in [2.45, 2.75) is 25.7 Å². The minimum atomic E-state index is 0.303. The van der Waals surface area contributed by atoms with Gasteiger partial charge in [0.2, 0.25) is 0 Å². The van der Waals surface area contributed by atoms with Gasteiger partial charge >= 0.3 is 0 Å². The van der Waals surface area contributed by atoms with Crippen LogP contribution >= 0.6 is 0 Å². The summed E-state index contributed by atoms with van der Waals surface area (Å²) in [6.45, 7) is 1.28. The quantitative estimate of drug-likeness (QED) is 0.665. The molecule has 2 heteroatoms. The van der Waals surface area contributed by atoms with Gasteiger partial charge in [0.25, 0.3) is 0 Å². The van der Waals surface area contributed by atoms with Gasteiger partial charge in [0.15, 0.2) is 0 Å². The molecule has 2 aromatic carbocycles. The first kappa shape index (κ1) is 13.2. The molecule has 0 aliphatic heterocycles. The van der Waals surface area contributed by atoms with Crippen molar-refractivity contribution in [1.82, 2.24) is 0 Å². The zero-order chi connectivity index (χ0) is 13.8. The Morgan fingerprint density at radius 1 is 0.900 bits per heavy atom. The third-order valence-electron chi connectivity index (χ3n) is 3.96. The second-order valence-electron chi connectivity index (χ2n) is 5.42. The maximum atomic E-state index is 8.75. The van der Waals surface area contributed by atoms with Crippen LogP contribution in [0.2, 0.25) is 0 Å². The largest absolute Gasteiger partial charge is 0.396 e. The molecule has 2 aromatic rings. The van der Waals surface area contributed by atoms with Crippen LogP contribution in [-0.2, 0) is 6.42 Å². The second-order valence-corrected chi connectivity index (χ2v) is 5.42. The minimum absolute atomic E-state index is 0.303. The SMILES string of the molecule is OCCCCCNc1ccc2c(c1)Cc1ccccc1-2. The Labute approximate surface area is 120 Å². The van der Waals surface area contributed by atoms with Gasteiger partial charge in [0.05, 0.1) is 0 Å². The molecule has 1 aliphatic carbocycles. The Bertz CT molecular complexity index is 592. The Morgan fingerprint density at radius 3 is 2.65 bits per heavy atom. The summed E-state index contributed by atoms with van der Waals surface area (Å²) >= 11 is 0. The van der Waals surface area contributed by atoms with E-state index in [9.17, 15) is 0 Å². The van der Waals surface area contributed by atoms with Gasteiger partial charge in [-0.05, 0) is 60.1 Å². The monoisotopic (exact) mass is 267 g/mol. The van der Waals surface area contributed by atoms with Crippen molar-refractivity contribution in [3.05, 3.63) is 53.6 Å². The van der Waals surface area contributed by atoms with Crippen LogP contribution in [-0.4, -0.2) is 18.3 Å². The molecule has 2 N–H and O–H groups in total. The fourth-order valence-corrected chi connectivity index (χ4v) is 2.90. The van der Waals surface area contributed by atoms with Gasteiger partial charge in [-0.25, -0.2) is 0 Å². The van der Waals surface area contributed by atoms with Gasteiger partial charge in [-0.15, -0.1) is 0 Å². The zero-order valence-electron chi connectivity index (χ0n) is 11.7. The third-order valence-corrected chi connectivity index (χ3v) is 3.96. The lowest BCUT2D eigenvalue weighted by atomic mass is 10.1. The first-order valence-electron chi connectivity index (χ1n) is 7.44. The van der Waals surface area contributed by atoms with Crippen molar-refractivity contribution in [2.75, 3.05) is 18.5 Å². The predicted octanol–water partition coefficient (Wildman–Crippen LogP) is 3.83. The highest BCUT2D eigenvalue weighted by Gasteiger charge is 2.17. The van der Waals surface area contributed by atoms with Crippen LogP contribution < -0.4 is 5.32 Å². The second kappa shape index (κ2) is 6.10. The van der Waals surface area contributed by atoms with Crippen molar-refractivity contribution in [3.63, 3.8) is 0 Å². The van der Waals surface area contributed by atoms with E-state index in [0.717, 1.165) is 32.2 Å². The number of aliphatic hydroxyl groups excluding tert-OH is 1. The van der Waals surface area contributed by atoms with E-state index in [-0.39, 0.29) is 0 Å². The highest BCUT2D eigenvalue weighted by atomic mass is 16.2. The van der Waals surface area contributed by atoms with Gasteiger partial charge in [-0.2, -0.15) is 0 Å². The molecule has 104 valence electrons. The fraction of sp³-hybridized carbons (Fsp3) is 0.333. The normalized spacial score (nSPS) is 12.1. The molecule has 3 rings (SSSR count). The van der Waals surface area contributed by atoms with Gasteiger partial charge in [-0.1, -0.05) is 30.3 Å². The smallest absolute Gasteiger partial charge is 0.0431 e. The van der Waals surface area contributed by atoms with E-state index < -0.39 is 0 Å². The van der Waals surface area contributed by atoms with E-state index >= 15 is 0 Å². The minimum Gasteiger partial charge on any atom is -0.396 e. The van der Waals surface area contributed by atoms with Crippen molar-refractivity contribution >= 4 is 5.69 Å². The molecule has 0 unspecified atom stereocenters. The lowest BCUT2D eigenvalue weighted by molar-refractivity contribution is 0.283. The molecule has 0 saturated heterocycles. The molecule has 20 heavy (non-hydrogen) atoms. The number of hydrogen-bond donors (Lipinski definition) is 2. The number of anilines is 1. The van der Waals surface area contributed by atoms with E-state index in [4.69, 9.17) is 5.11 Å². The molecule has 0 fully saturated rings. The topological polar surface area (TPSA) is 32.3 Å². The number of fused-ring (bicyclic) bond motifs is 3.